The third-order valence-corrected chi connectivity index (χ3v) is 6.17. The summed E-state index contributed by atoms with van der Waals surface area (Å²) in [6, 6.07) is 5.38. The number of ether oxygens (including phenoxy) is 1. The number of piperidine rings is 1. The molecule has 0 unspecified atom stereocenters. The molecule has 30 heavy (non-hydrogen) atoms. The van der Waals surface area contributed by atoms with E-state index in [1.807, 2.05) is 11.8 Å². The SMILES string of the molecule is CCCNC(=O)N1CC[C@@]2(COC)CN(c3ccc(C#N)c(C(F)(F)F)c3)C[C@H]2C1. The molecule has 6 nitrogen and oxygen atoms in total. The average molecular weight is 424 g/mol. The molecule has 2 fully saturated rings. The highest BCUT2D eigenvalue weighted by molar-refractivity contribution is 5.74. The quantitative estimate of drug-likeness (QED) is 0.786. The van der Waals surface area contributed by atoms with Crippen LogP contribution in [0.3, 0.4) is 0 Å². The Morgan fingerprint density at radius 1 is 1.40 bits per heavy atom. The Morgan fingerprint density at radius 3 is 2.80 bits per heavy atom. The first kappa shape index (κ1) is 22.2. The molecule has 0 radical (unpaired) electrons. The number of nitrogens with zero attached hydrogens (tertiary/aromatic N) is 3. The van der Waals surface area contributed by atoms with Crippen molar-refractivity contribution in [3.8, 4) is 6.07 Å². The fourth-order valence-corrected chi connectivity index (χ4v) is 4.59. The van der Waals surface area contributed by atoms with Crippen LogP contribution >= 0.6 is 0 Å². The van der Waals surface area contributed by atoms with Crippen molar-refractivity contribution in [2.24, 2.45) is 11.3 Å². The van der Waals surface area contributed by atoms with Crippen molar-refractivity contribution in [1.82, 2.24) is 10.2 Å². The summed E-state index contributed by atoms with van der Waals surface area (Å²) in [5.41, 5.74) is -1.08. The van der Waals surface area contributed by atoms with Crippen molar-refractivity contribution < 1.29 is 22.7 Å². The minimum atomic E-state index is -4.59. The zero-order chi connectivity index (χ0) is 21.9. The van der Waals surface area contributed by atoms with E-state index in [-0.39, 0.29) is 22.9 Å². The van der Waals surface area contributed by atoms with Crippen LogP contribution in [0, 0.1) is 22.7 Å². The van der Waals surface area contributed by atoms with Crippen LogP contribution < -0.4 is 10.2 Å². The first-order chi connectivity index (χ1) is 14.2. The van der Waals surface area contributed by atoms with Crippen LogP contribution in [0.2, 0.25) is 0 Å². The zero-order valence-electron chi connectivity index (χ0n) is 17.3. The number of anilines is 1. The molecule has 0 aromatic heterocycles. The number of rotatable bonds is 5. The number of amides is 2. The second kappa shape index (κ2) is 8.72. The van der Waals surface area contributed by atoms with E-state index in [9.17, 15) is 18.0 Å². The highest BCUT2D eigenvalue weighted by Gasteiger charge is 2.50. The van der Waals surface area contributed by atoms with Gasteiger partial charge in [-0.2, -0.15) is 18.4 Å². The summed E-state index contributed by atoms with van der Waals surface area (Å²) in [6.45, 7) is 5.30. The first-order valence-corrected chi connectivity index (χ1v) is 10.1. The van der Waals surface area contributed by atoms with E-state index >= 15 is 0 Å². The normalized spacial score (nSPS) is 23.8. The third kappa shape index (κ3) is 4.33. The number of likely N-dealkylation sites (tertiary alicyclic amines) is 1. The number of halogens is 3. The van der Waals surface area contributed by atoms with Gasteiger partial charge in [0.05, 0.1) is 23.8 Å². The van der Waals surface area contributed by atoms with Crippen LogP contribution in [0.5, 0.6) is 0 Å². The Bertz CT molecular complexity index is 823. The topological polar surface area (TPSA) is 68.6 Å². The van der Waals surface area contributed by atoms with Crippen LogP contribution in [-0.4, -0.2) is 57.4 Å². The molecule has 2 aliphatic heterocycles. The summed E-state index contributed by atoms with van der Waals surface area (Å²) in [5.74, 6) is 0.0866. The Balaban J connectivity index is 1.83. The summed E-state index contributed by atoms with van der Waals surface area (Å²) in [7, 11) is 1.62. The smallest absolute Gasteiger partial charge is 0.384 e. The predicted octanol–water partition coefficient (Wildman–Crippen LogP) is 3.47. The number of carbonyl (C=O) groups excluding carboxylic acids is 1. The number of carbonyl (C=O) groups is 1. The number of benzene rings is 1. The van der Waals surface area contributed by atoms with E-state index in [1.165, 1.54) is 6.07 Å². The van der Waals surface area contributed by atoms with Crippen molar-refractivity contribution in [1.29, 1.82) is 5.26 Å². The fourth-order valence-electron chi connectivity index (χ4n) is 4.59. The van der Waals surface area contributed by atoms with E-state index in [0.29, 0.717) is 45.0 Å². The number of hydrogen-bond acceptors (Lipinski definition) is 4. The molecule has 1 aromatic carbocycles. The van der Waals surface area contributed by atoms with Gasteiger partial charge in [0.2, 0.25) is 0 Å². The summed E-state index contributed by atoms with van der Waals surface area (Å²) < 4.78 is 45.7. The van der Waals surface area contributed by atoms with Crippen LogP contribution in [0.4, 0.5) is 23.7 Å². The van der Waals surface area contributed by atoms with Crippen LogP contribution in [0.25, 0.3) is 0 Å². The fraction of sp³-hybridized carbons (Fsp3) is 0.619. The number of nitriles is 1. The lowest BCUT2D eigenvalue weighted by molar-refractivity contribution is -0.137. The minimum absolute atomic E-state index is 0.0866. The predicted molar refractivity (Wildman–Crippen MR) is 106 cm³/mol. The lowest BCUT2D eigenvalue weighted by Crippen LogP contribution is -2.53. The molecule has 0 bridgehead atoms. The van der Waals surface area contributed by atoms with E-state index < -0.39 is 11.7 Å². The Hall–Kier alpha value is -2.47. The molecule has 9 heteroatoms. The molecular weight excluding hydrogens is 397 g/mol. The lowest BCUT2D eigenvalue weighted by Gasteiger charge is -2.42. The largest absolute Gasteiger partial charge is 0.417 e. The first-order valence-electron chi connectivity index (χ1n) is 10.1. The van der Waals surface area contributed by atoms with Crippen molar-refractivity contribution in [2.75, 3.05) is 51.3 Å². The lowest BCUT2D eigenvalue weighted by atomic mass is 9.73. The van der Waals surface area contributed by atoms with E-state index in [1.54, 1.807) is 24.1 Å². The number of hydrogen-bond donors (Lipinski definition) is 1. The van der Waals surface area contributed by atoms with Gasteiger partial charge in [-0.05, 0) is 31.0 Å². The van der Waals surface area contributed by atoms with Crippen molar-refractivity contribution >= 4 is 11.7 Å². The average Bonchev–Trinajstić information content (AvgIpc) is 3.09. The van der Waals surface area contributed by atoms with Crippen molar-refractivity contribution in [2.45, 2.75) is 25.9 Å². The number of urea groups is 1. The summed E-state index contributed by atoms with van der Waals surface area (Å²) in [6.07, 6.45) is -3.01. The van der Waals surface area contributed by atoms with Gasteiger partial charge < -0.3 is 19.9 Å². The van der Waals surface area contributed by atoms with Gasteiger partial charge in [0.15, 0.2) is 0 Å². The molecule has 1 aromatic rings. The van der Waals surface area contributed by atoms with Crippen LogP contribution in [-0.2, 0) is 10.9 Å². The van der Waals surface area contributed by atoms with Gasteiger partial charge in [-0.25, -0.2) is 4.79 Å². The van der Waals surface area contributed by atoms with Gasteiger partial charge >= 0.3 is 12.2 Å². The standard InChI is InChI=1S/C21H27F3N4O2/c1-3-7-26-19(29)27-8-6-20(14-30-2)13-28(12-16(20)11-27)17-5-4-15(10-25)18(9-17)21(22,23)24/h4-5,9,16H,3,6-8,11-14H2,1-2H3,(H,26,29)/t16-,20+/m1/s1. The molecule has 2 atom stereocenters. The number of fused-ring (bicyclic) bond motifs is 1. The summed E-state index contributed by atoms with van der Waals surface area (Å²) >= 11 is 0. The maximum Gasteiger partial charge on any atom is 0.417 e. The van der Waals surface area contributed by atoms with E-state index in [2.05, 4.69) is 5.32 Å². The molecule has 0 spiro atoms. The Labute approximate surface area is 174 Å². The third-order valence-electron chi connectivity index (χ3n) is 6.17. The number of nitrogens with one attached hydrogen (secondary N) is 1. The molecule has 3 rings (SSSR count). The van der Waals surface area contributed by atoms with Gasteiger partial charge in [-0.1, -0.05) is 6.92 Å². The summed E-state index contributed by atoms with van der Waals surface area (Å²) in [4.78, 5) is 16.1. The zero-order valence-corrected chi connectivity index (χ0v) is 17.3. The highest BCUT2D eigenvalue weighted by atomic mass is 19.4. The molecular formula is C21H27F3N4O2. The number of alkyl halides is 3. The number of methoxy groups -OCH3 is 1. The second-order valence-electron chi connectivity index (χ2n) is 8.14. The van der Waals surface area contributed by atoms with Gasteiger partial charge in [-0.15, -0.1) is 0 Å². The van der Waals surface area contributed by atoms with Crippen molar-refractivity contribution in [3.05, 3.63) is 29.3 Å². The van der Waals surface area contributed by atoms with Crippen LogP contribution in [0.15, 0.2) is 18.2 Å². The molecule has 2 amide bonds. The highest BCUT2D eigenvalue weighted by Crippen LogP contribution is 2.45. The Kier molecular flexibility index (Phi) is 6.46. The molecule has 2 heterocycles. The Morgan fingerprint density at radius 2 is 2.17 bits per heavy atom. The maximum atomic E-state index is 13.4. The second-order valence-corrected chi connectivity index (χ2v) is 8.14. The monoisotopic (exact) mass is 424 g/mol. The molecule has 1 N–H and O–H groups in total. The van der Waals surface area contributed by atoms with Gasteiger partial charge in [-0.3, -0.25) is 0 Å². The maximum absolute atomic E-state index is 13.4. The molecule has 2 saturated heterocycles. The molecule has 0 aliphatic carbocycles. The molecule has 2 aliphatic rings. The molecule has 0 saturated carbocycles. The molecule has 164 valence electrons. The van der Waals surface area contributed by atoms with Gasteiger partial charge in [0.1, 0.15) is 0 Å². The van der Waals surface area contributed by atoms with Crippen molar-refractivity contribution in [3.63, 3.8) is 0 Å². The van der Waals surface area contributed by atoms with Gasteiger partial charge in [0.25, 0.3) is 0 Å². The minimum Gasteiger partial charge on any atom is -0.384 e. The summed E-state index contributed by atoms with van der Waals surface area (Å²) in [5, 5.41) is 11.9. The van der Waals surface area contributed by atoms with E-state index in [0.717, 1.165) is 18.9 Å². The van der Waals surface area contributed by atoms with Gasteiger partial charge in [0, 0.05) is 56.9 Å². The van der Waals surface area contributed by atoms with Crippen LogP contribution in [0.1, 0.15) is 30.9 Å². The van der Waals surface area contributed by atoms with E-state index in [4.69, 9.17) is 10.00 Å².